The Morgan fingerprint density at radius 3 is 2.48 bits per heavy atom. The molecule has 0 saturated carbocycles. The van der Waals surface area contributed by atoms with Crippen molar-refractivity contribution in [1.82, 2.24) is 19.9 Å². The van der Waals surface area contributed by atoms with E-state index in [1.807, 2.05) is 4.90 Å². The fourth-order valence-corrected chi connectivity index (χ4v) is 5.01. The van der Waals surface area contributed by atoms with Crippen molar-refractivity contribution < 1.29 is 27.5 Å². The standard InChI is InChI=1S/C28H32F4N6O2/c1-3-37(15-19-4-6-22(7-5-19)28(30,31)32)27-24(29)26(35-17-36-27)34-14-21-10-13-38(16-23(21)40)25(18(2)39)20-8-11-33-12-9-20/h4-9,11-12,17,21,23,25,40H,3,10,13-16H2,1-2H3,(H,34,35,36)/t21-,23+,25?/m0/s1. The van der Waals surface area contributed by atoms with Gasteiger partial charge in [-0.1, -0.05) is 12.1 Å². The van der Waals surface area contributed by atoms with E-state index in [0.717, 1.165) is 17.7 Å². The maximum atomic E-state index is 15.4. The topological polar surface area (TPSA) is 94.5 Å². The average Bonchev–Trinajstić information content (AvgIpc) is 2.92. The van der Waals surface area contributed by atoms with Gasteiger partial charge in [0.2, 0.25) is 5.82 Å². The zero-order valence-electron chi connectivity index (χ0n) is 22.3. The first-order valence-corrected chi connectivity index (χ1v) is 13.1. The summed E-state index contributed by atoms with van der Waals surface area (Å²) in [6, 6.07) is 7.83. The number of aromatic nitrogens is 3. The molecule has 1 fully saturated rings. The number of likely N-dealkylation sites (tertiary alicyclic amines) is 1. The molecule has 8 nitrogen and oxygen atoms in total. The predicted molar refractivity (Wildman–Crippen MR) is 142 cm³/mol. The molecule has 3 atom stereocenters. The summed E-state index contributed by atoms with van der Waals surface area (Å²) < 4.78 is 54.1. The summed E-state index contributed by atoms with van der Waals surface area (Å²) in [5.74, 6) is -0.908. The molecule has 0 bridgehead atoms. The first-order chi connectivity index (χ1) is 19.1. The zero-order chi connectivity index (χ0) is 28.9. The van der Waals surface area contributed by atoms with Crippen molar-refractivity contribution in [3.05, 3.63) is 77.6 Å². The summed E-state index contributed by atoms with van der Waals surface area (Å²) >= 11 is 0. The van der Waals surface area contributed by atoms with Crippen molar-refractivity contribution in [3.8, 4) is 0 Å². The molecule has 1 unspecified atom stereocenters. The minimum atomic E-state index is -4.43. The predicted octanol–water partition coefficient (Wildman–Crippen LogP) is 4.48. The Hall–Kier alpha value is -3.64. The van der Waals surface area contributed by atoms with E-state index in [1.54, 1.807) is 36.4 Å². The lowest BCUT2D eigenvalue weighted by Crippen LogP contribution is -2.48. The summed E-state index contributed by atoms with van der Waals surface area (Å²) in [5, 5.41) is 13.9. The Morgan fingerprint density at radius 2 is 1.88 bits per heavy atom. The number of carbonyl (C=O) groups is 1. The summed E-state index contributed by atoms with van der Waals surface area (Å²) in [5.41, 5.74) is 0.646. The van der Waals surface area contributed by atoms with Crippen molar-refractivity contribution in [2.24, 2.45) is 5.92 Å². The highest BCUT2D eigenvalue weighted by Gasteiger charge is 2.34. The molecule has 1 aliphatic rings. The molecule has 12 heteroatoms. The van der Waals surface area contributed by atoms with Gasteiger partial charge in [-0.3, -0.25) is 14.7 Å². The normalized spacial score (nSPS) is 18.8. The Labute approximate surface area is 230 Å². The van der Waals surface area contributed by atoms with Gasteiger partial charge in [0.05, 0.1) is 17.7 Å². The second-order valence-electron chi connectivity index (χ2n) is 9.85. The molecule has 1 saturated heterocycles. The van der Waals surface area contributed by atoms with Crippen LogP contribution in [0.4, 0.5) is 29.2 Å². The molecule has 3 aromatic rings. The highest BCUT2D eigenvalue weighted by Crippen LogP contribution is 2.31. The quantitative estimate of drug-likeness (QED) is 0.351. The number of halogens is 4. The van der Waals surface area contributed by atoms with Crippen LogP contribution in [0.15, 0.2) is 55.1 Å². The van der Waals surface area contributed by atoms with Crippen molar-refractivity contribution >= 4 is 17.4 Å². The second-order valence-corrected chi connectivity index (χ2v) is 9.85. The number of hydrogen-bond acceptors (Lipinski definition) is 8. The van der Waals surface area contributed by atoms with Gasteiger partial charge in [-0.2, -0.15) is 17.6 Å². The van der Waals surface area contributed by atoms with Gasteiger partial charge in [-0.25, -0.2) is 9.97 Å². The molecular weight excluding hydrogens is 528 g/mol. The van der Waals surface area contributed by atoms with Crippen molar-refractivity contribution in [2.75, 3.05) is 36.4 Å². The summed E-state index contributed by atoms with van der Waals surface area (Å²) in [6.07, 6.45) is -0.112. The molecule has 4 rings (SSSR count). The SMILES string of the molecule is CCN(Cc1ccc(C(F)(F)F)cc1)c1ncnc(NC[C@@H]2CCN(C(C(C)=O)c3ccncc3)C[C@H]2O)c1F. The number of anilines is 2. The molecule has 0 spiro atoms. The molecule has 2 N–H and O–H groups in total. The molecule has 0 aliphatic carbocycles. The third-order valence-corrected chi connectivity index (χ3v) is 7.16. The van der Waals surface area contributed by atoms with Gasteiger partial charge in [0.15, 0.2) is 17.4 Å². The zero-order valence-corrected chi connectivity index (χ0v) is 22.3. The number of benzene rings is 1. The third kappa shape index (κ3) is 6.92. The van der Waals surface area contributed by atoms with E-state index in [2.05, 4.69) is 20.3 Å². The number of nitrogens with zero attached hydrogens (tertiary/aromatic N) is 5. The van der Waals surface area contributed by atoms with E-state index < -0.39 is 29.7 Å². The summed E-state index contributed by atoms with van der Waals surface area (Å²) in [6.45, 7) is 4.96. The van der Waals surface area contributed by atoms with Gasteiger partial charge in [-0.15, -0.1) is 0 Å². The van der Waals surface area contributed by atoms with Gasteiger partial charge >= 0.3 is 6.18 Å². The Kier molecular flexibility index (Phi) is 9.31. The van der Waals surface area contributed by atoms with E-state index in [-0.39, 0.29) is 43.0 Å². The minimum Gasteiger partial charge on any atom is -0.391 e. The second kappa shape index (κ2) is 12.7. The van der Waals surface area contributed by atoms with E-state index in [1.165, 1.54) is 25.4 Å². The molecule has 0 amide bonds. The van der Waals surface area contributed by atoms with Crippen LogP contribution in [0, 0.1) is 11.7 Å². The lowest BCUT2D eigenvalue weighted by molar-refractivity contribution is -0.137. The number of carbonyl (C=O) groups excluding carboxylic acids is 1. The van der Waals surface area contributed by atoms with Crippen LogP contribution < -0.4 is 10.2 Å². The number of alkyl halides is 3. The van der Waals surface area contributed by atoms with Crippen LogP contribution in [-0.2, 0) is 17.5 Å². The maximum Gasteiger partial charge on any atom is 0.416 e. The molecule has 40 heavy (non-hydrogen) atoms. The molecule has 2 aromatic heterocycles. The smallest absolute Gasteiger partial charge is 0.391 e. The first-order valence-electron chi connectivity index (χ1n) is 13.1. The Balaban J connectivity index is 1.39. The number of piperidine rings is 1. The highest BCUT2D eigenvalue weighted by molar-refractivity contribution is 5.82. The number of β-amino-alcohol motifs (C(OH)–C–C–N with tert-alkyl or cyclic N) is 1. The largest absolute Gasteiger partial charge is 0.416 e. The lowest BCUT2D eigenvalue weighted by Gasteiger charge is -2.39. The van der Waals surface area contributed by atoms with E-state index in [0.29, 0.717) is 25.1 Å². The maximum absolute atomic E-state index is 15.4. The van der Waals surface area contributed by atoms with Crippen LogP contribution in [0.5, 0.6) is 0 Å². The number of aliphatic hydroxyl groups excluding tert-OH is 1. The molecule has 0 radical (unpaired) electrons. The number of nitrogens with one attached hydrogen (secondary N) is 1. The number of hydrogen-bond donors (Lipinski definition) is 2. The van der Waals surface area contributed by atoms with E-state index in [4.69, 9.17) is 0 Å². The van der Waals surface area contributed by atoms with Gasteiger partial charge in [0.25, 0.3) is 0 Å². The van der Waals surface area contributed by atoms with E-state index >= 15 is 4.39 Å². The fraction of sp³-hybridized carbons (Fsp3) is 0.429. The number of pyridine rings is 1. The number of aliphatic hydroxyl groups is 1. The van der Waals surface area contributed by atoms with Crippen LogP contribution in [0.2, 0.25) is 0 Å². The van der Waals surface area contributed by atoms with Crippen molar-refractivity contribution in [1.29, 1.82) is 0 Å². The van der Waals surface area contributed by atoms with Crippen molar-refractivity contribution in [3.63, 3.8) is 0 Å². The van der Waals surface area contributed by atoms with Crippen molar-refractivity contribution in [2.45, 2.75) is 45.1 Å². The minimum absolute atomic E-state index is 0.0242. The Morgan fingerprint density at radius 1 is 1.18 bits per heavy atom. The fourth-order valence-electron chi connectivity index (χ4n) is 5.01. The van der Waals surface area contributed by atoms with Crippen LogP contribution >= 0.6 is 0 Å². The van der Waals surface area contributed by atoms with E-state index in [9.17, 15) is 23.1 Å². The summed E-state index contributed by atoms with van der Waals surface area (Å²) in [7, 11) is 0. The molecular formula is C28H32F4N6O2. The lowest BCUT2D eigenvalue weighted by atomic mass is 9.91. The first kappa shape index (κ1) is 29.3. The van der Waals surface area contributed by atoms with Crippen LogP contribution in [0.25, 0.3) is 0 Å². The number of rotatable bonds is 10. The third-order valence-electron chi connectivity index (χ3n) is 7.16. The Bertz CT molecular complexity index is 1280. The molecule has 3 heterocycles. The van der Waals surface area contributed by atoms with Crippen LogP contribution in [0.3, 0.4) is 0 Å². The number of Topliss-reactive ketones (excluding diaryl/α,β-unsaturated/α-hetero) is 1. The summed E-state index contributed by atoms with van der Waals surface area (Å²) in [4.78, 5) is 28.1. The molecule has 214 valence electrons. The van der Waals surface area contributed by atoms with Gasteiger partial charge < -0.3 is 15.3 Å². The van der Waals surface area contributed by atoms with Gasteiger partial charge in [0, 0.05) is 44.5 Å². The number of ketones is 1. The van der Waals surface area contributed by atoms with Gasteiger partial charge in [0.1, 0.15) is 6.33 Å². The molecule has 1 aliphatic heterocycles. The monoisotopic (exact) mass is 560 g/mol. The van der Waals surface area contributed by atoms with Crippen LogP contribution in [-0.4, -0.2) is 63.0 Å². The molecule has 1 aromatic carbocycles. The average molecular weight is 561 g/mol. The van der Waals surface area contributed by atoms with Crippen LogP contribution in [0.1, 0.15) is 43.0 Å². The van der Waals surface area contributed by atoms with Gasteiger partial charge in [-0.05, 0) is 62.2 Å². The highest BCUT2D eigenvalue weighted by atomic mass is 19.4.